The average molecular weight is 424 g/mol. The van der Waals surface area contributed by atoms with Crippen LogP contribution in [0.3, 0.4) is 0 Å². The van der Waals surface area contributed by atoms with Gasteiger partial charge in [0.05, 0.1) is 7.11 Å². The van der Waals surface area contributed by atoms with Crippen LogP contribution < -0.4 is 15.4 Å². The van der Waals surface area contributed by atoms with Crippen molar-refractivity contribution in [2.24, 2.45) is 0 Å². The maximum absolute atomic E-state index is 12.3. The zero-order chi connectivity index (χ0) is 22.8. The third-order valence-corrected chi connectivity index (χ3v) is 4.55. The van der Waals surface area contributed by atoms with E-state index in [1.807, 2.05) is 19.1 Å². The van der Waals surface area contributed by atoms with Crippen LogP contribution in [0.1, 0.15) is 31.9 Å². The van der Waals surface area contributed by atoms with Crippen LogP contribution >= 0.6 is 0 Å². The number of hydrogen-bond acceptors (Lipinski definition) is 5. The fourth-order valence-corrected chi connectivity index (χ4v) is 2.60. The molecule has 2 atom stereocenters. The zero-order valence-corrected chi connectivity index (χ0v) is 18.2. The van der Waals surface area contributed by atoms with E-state index in [0.717, 1.165) is 17.5 Å². The number of methoxy groups -OCH3 is 1. The highest BCUT2D eigenvalue weighted by Crippen LogP contribution is 2.13. The topological polar surface area (TPSA) is 93.7 Å². The lowest BCUT2D eigenvalue weighted by molar-refractivity contribution is -0.155. The molecule has 0 radical (unpaired) electrons. The molecule has 0 aliphatic heterocycles. The lowest BCUT2D eigenvalue weighted by Crippen LogP contribution is -2.41. The lowest BCUT2D eigenvalue weighted by atomic mass is 10.1. The first-order valence-electron chi connectivity index (χ1n) is 10.0. The van der Waals surface area contributed by atoms with Crippen molar-refractivity contribution in [2.75, 3.05) is 12.4 Å². The molecule has 164 valence electrons. The van der Waals surface area contributed by atoms with E-state index in [1.54, 1.807) is 49.6 Å². The standard InChI is InChI=1S/C24H28N2O5/c1-5-18-6-11-20(12-7-18)26-23(28)17(3)31-24(29)16(2)25-22(27)15-10-19-8-13-21(30-4)14-9-19/h6-17H,5H2,1-4H3,(H,25,27)(H,26,28)/b15-10+/t16-,17-/m0/s1. The molecule has 7 heteroatoms. The SMILES string of the molecule is CCc1ccc(NC(=O)[C@H](C)OC(=O)[C@H](C)NC(=O)/C=C/c2ccc(OC)cc2)cc1. The first-order chi connectivity index (χ1) is 14.8. The normalized spacial score (nSPS) is 12.6. The Hall–Kier alpha value is -3.61. The Labute approximate surface area is 182 Å². The number of nitrogens with one attached hydrogen (secondary N) is 2. The molecule has 0 aromatic heterocycles. The van der Waals surface area contributed by atoms with Crippen molar-refractivity contribution in [2.45, 2.75) is 39.3 Å². The van der Waals surface area contributed by atoms with Gasteiger partial charge in [-0.05, 0) is 61.7 Å². The largest absolute Gasteiger partial charge is 0.497 e. The van der Waals surface area contributed by atoms with E-state index in [0.29, 0.717) is 11.4 Å². The molecule has 0 saturated heterocycles. The van der Waals surface area contributed by atoms with Gasteiger partial charge in [-0.15, -0.1) is 0 Å². The van der Waals surface area contributed by atoms with Crippen LogP contribution in [0.15, 0.2) is 54.6 Å². The number of carbonyl (C=O) groups is 3. The Morgan fingerprint density at radius 3 is 2.23 bits per heavy atom. The van der Waals surface area contributed by atoms with Crippen molar-refractivity contribution >= 4 is 29.5 Å². The number of aryl methyl sites for hydroxylation is 1. The van der Waals surface area contributed by atoms with E-state index in [-0.39, 0.29) is 0 Å². The molecule has 0 heterocycles. The highest BCUT2D eigenvalue weighted by atomic mass is 16.5. The van der Waals surface area contributed by atoms with Crippen molar-refractivity contribution in [1.29, 1.82) is 0 Å². The van der Waals surface area contributed by atoms with Gasteiger partial charge in [0.25, 0.3) is 5.91 Å². The average Bonchev–Trinajstić information content (AvgIpc) is 2.78. The summed E-state index contributed by atoms with van der Waals surface area (Å²) in [6.07, 6.45) is 2.84. The number of ether oxygens (including phenoxy) is 2. The van der Waals surface area contributed by atoms with Gasteiger partial charge in [-0.1, -0.05) is 31.2 Å². The van der Waals surface area contributed by atoms with Crippen LogP contribution in [-0.2, 0) is 25.5 Å². The van der Waals surface area contributed by atoms with Gasteiger partial charge in [0.1, 0.15) is 11.8 Å². The second-order valence-corrected chi connectivity index (χ2v) is 6.96. The Kier molecular flexibility index (Phi) is 8.81. The van der Waals surface area contributed by atoms with Crippen LogP contribution in [0.4, 0.5) is 5.69 Å². The van der Waals surface area contributed by atoms with Crippen LogP contribution in [0.2, 0.25) is 0 Å². The number of hydrogen-bond donors (Lipinski definition) is 2. The summed E-state index contributed by atoms with van der Waals surface area (Å²) in [6.45, 7) is 5.02. The summed E-state index contributed by atoms with van der Waals surface area (Å²) in [6, 6.07) is 13.7. The quantitative estimate of drug-likeness (QED) is 0.476. The van der Waals surface area contributed by atoms with Crippen molar-refractivity contribution in [1.82, 2.24) is 5.32 Å². The van der Waals surface area contributed by atoms with Crippen LogP contribution in [0, 0.1) is 0 Å². The van der Waals surface area contributed by atoms with E-state index >= 15 is 0 Å². The molecule has 2 amide bonds. The molecule has 0 unspecified atom stereocenters. The van der Waals surface area contributed by atoms with Gasteiger partial charge in [0, 0.05) is 11.8 Å². The number of carbonyl (C=O) groups excluding carboxylic acids is 3. The highest BCUT2D eigenvalue weighted by Gasteiger charge is 2.22. The summed E-state index contributed by atoms with van der Waals surface area (Å²) in [5, 5.41) is 5.22. The Balaban J connectivity index is 1.81. The van der Waals surface area contributed by atoms with E-state index in [1.165, 1.54) is 19.9 Å². The molecular weight excluding hydrogens is 396 g/mol. The third kappa shape index (κ3) is 7.62. The number of esters is 1. The zero-order valence-electron chi connectivity index (χ0n) is 18.2. The molecule has 0 fully saturated rings. The van der Waals surface area contributed by atoms with Gasteiger partial charge < -0.3 is 20.1 Å². The van der Waals surface area contributed by atoms with Gasteiger partial charge in [-0.3, -0.25) is 9.59 Å². The Morgan fingerprint density at radius 1 is 1.00 bits per heavy atom. The molecule has 2 N–H and O–H groups in total. The molecule has 0 bridgehead atoms. The highest BCUT2D eigenvalue weighted by molar-refractivity contribution is 5.97. The van der Waals surface area contributed by atoms with E-state index in [9.17, 15) is 14.4 Å². The van der Waals surface area contributed by atoms with Crippen LogP contribution in [-0.4, -0.2) is 37.0 Å². The summed E-state index contributed by atoms with van der Waals surface area (Å²) in [4.78, 5) is 36.5. The molecule has 0 saturated carbocycles. The Morgan fingerprint density at radius 2 is 1.65 bits per heavy atom. The van der Waals surface area contributed by atoms with Crippen LogP contribution in [0.5, 0.6) is 5.75 Å². The summed E-state index contributed by atoms with van der Waals surface area (Å²) in [5.74, 6) is -0.881. The molecule has 2 aromatic rings. The predicted molar refractivity (Wildman–Crippen MR) is 120 cm³/mol. The van der Waals surface area contributed by atoms with Gasteiger partial charge >= 0.3 is 5.97 Å². The van der Waals surface area contributed by atoms with Gasteiger partial charge in [0.15, 0.2) is 6.10 Å². The van der Waals surface area contributed by atoms with E-state index < -0.39 is 29.9 Å². The first kappa shape index (κ1) is 23.7. The minimum atomic E-state index is -1.01. The van der Waals surface area contributed by atoms with E-state index in [4.69, 9.17) is 9.47 Å². The number of anilines is 1. The van der Waals surface area contributed by atoms with Crippen molar-refractivity contribution in [3.8, 4) is 5.75 Å². The monoisotopic (exact) mass is 424 g/mol. The predicted octanol–water partition coefficient (Wildman–Crippen LogP) is 3.35. The smallest absolute Gasteiger partial charge is 0.329 e. The van der Waals surface area contributed by atoms with Gasteiger partial charge in [0.2, 0.25) is 5.91 Å². The molecular formula is C24H28N2O5. The fourth-order valence-electron chi connectivity index (χ4n) is 2.60. The summed E-state index contributed by atoms with van der Waals surface area (Å²) < 4.78 is 10.3. The molecule has 7 nitrogen and oxygen atoms in total. The molecule has 0 spiro atoms. The first-order valence-corrected chi connectivity index (χ1v) is 10.0. The van der Waals surface area contributed by atoms with Gasteiger partial charge in [-0.2, -0.15) is 0 Å². The summed E-state index contributed by atoms with van der Waals surface area (Å²) in [5.41, 5.74) is 2.58. The second kappa shape index (κ2) is 11.5. The molecule has 0 aliphatic rings. The second-order valence-electron chi connectivity index (χ2n) is 6.96. The maximum atomic E-state index is 12.3. The number of rotatable bonds is 9. The molecule has 2 aromatic carbocycles. The summed E-state index contributed by atoms with van der Waals surface area (Å²) >= 11 is 0. The maximum Gasteiger partial charge on any atom is 0.329 e. The van der Waals surface area contributed by atoms with Gasteiger partial charge in [-0.25, -0.2) is 4.79 Å². The third-order valence-electron chi connectivity index (χ3n) is 4.55. The number of amides is 2. The minimum Gasteiger partial charge on any atom is -0.497 e. The van der Waals surface area contributed by atoms with Crippen LogP contribution in [0.25, 0.3) is 6.08 Å². The van der Waals surface area contributed by atoms with Crippen molar-refractivity contribution < 1.29 is 23.9 Å². The van der Waals surface area contributed by atoms with E-state index in [2.05, 4.69) is 10.6 Å². The Bertz CT molecular complexity index is 920. The number of benzene rings is 2. The summed E-state index contributed by atoms with van der Waals surface area (Å²) in [7, 11) is 1.58. The molecule has 0 aliphatic carbocycles. The van der Waals surface area contributed by atoms with Crippen molar-refractivity contribution in [3.05, 3.63) is 65.7 Å². The molecule has 31 heavy (non-hydrogen) atoms. The lowest BCUT2D eigenvalue weighted by Gasteiger charge is -2.17. The minimum absolute atomic E-state index is 0.449. The van der Waals surface area contributed by atoms with Crippen molar-refractivity contribution in [3.63, 3.8) is 0 Å². The fraction of sp³-hybridized carbons (Fsp3) is 0.292. The molecule has 2 rings (SSSR count).